The summed E-state index contributed by atoms with van der Waals surface area (Å²) in [6.45, 7) is 5.34. The molecule has 1 saturated carbocycles. The lowest BCUT2D eigenvalue weighted by Gasteiger charge is -2.31. The van der Waals surface area contributed by atoms with Crippen LogP contribution in [0.4, 0.5) is 5.69 Å². The van der Waals surface area contributed by atoms with Gasteiger partial charge in [-0.1, -0.05) is 18.9 Å². The molecule has 35 heavy (non-hydrogen) atoms. The van der Waals surface area contributed by atoms with Crippen LogP contribution in [0.5, 0.6) is 0 Å². The largest absolute Gasteiger partial charge is 0.464 e. The van der Waals surface area contributed by atoms with E-state index in [9.17, 15) is 14.4 Å². The molecule has 0 saturated heterocycles. The van der Waals surface area contributed by atoms with Crippen LogP contribution < -0.4 is 15.5 Å². The molecule has 2 heterocycles. The minimum absolute atomic E-state index is 0.0657. The number of aryl methyl sites for hydroxylation is 3. The van der Waals surface area contributed by atoms with Crippen molar-refractivity contribution in [1.82, 2.24) is 10.6 Å². The molecule has 0 bridgehead atoms. The first kappa shape index (κ1) is 24.3. The molecule has 8 nitrogen and oxygen atoms in total. The highest BCUT2D eigenvalue weighted by Crippen LogP contribution is 2.31. The summed E-state index contributed by atoms with van der Waals surface area (Å²) < 4.78 is 11.0. The number of benzene rings is 1. The Morgan fingerprint density at radius 3 is 2.34 bits per heavy atom. The number of anilines is 1. The lowest BCUT2D eigenvalue weighted by molar-refractivity contribution is -0.127. The van der Waals surface area contributed by atoms with Gasteiger partial charge in [-0.25, -0.2) is 0 Å². The van der Waals surface area contributed by atoms with Gasteiger partial charge in [-0.15, -0.1) is 0 Å². The van der Waals surface area contributed by atoms with Crippen molar-refractivity contribution in [3.63, 3.8) is 0 Å². The number of carbonyl (C=O) groups excluding carboxylic acids is 3. The molecule has 0 radical (unpaired) electrons. The van der Waals surface area contributed by atoms with Crippen LogP contribution in [0.25, 0.3) is 0 Å². The van der Waals surface area contributed by atoms with Crippen LogP contribution in [0.15, 0.2) is 57.6 Å². The number of nitrogens with zero attached hydrogens (tertiary/aromatic N) is 1. The minimum atomic E-state index is -1.03. The molecule has 2 N–H and O–H groups in total. The Morgan fingerprint density at radius 1 is 1.03 bits per heavy atom. The zero-order chi connectivity index (χ0) is 24.9. The van der Waals surface area contributed by atoms with Crippen LogP contribution in [0.1, 0.15) is 64.9 Å². The molecular formula is C27H31N3O5. The summed E-state index contributed by atoms with van der Waals surface area (Å²) >= 11 is 0. The van der Waals surface area contributed by atoms with E-state index in [0.29, 0.717) is 17.2 Å². The fourth-order valence-electron chi connectivity index (χ4n) is 4.59. The van der Waals surface area contributed by atoms with Gasteiger partial charge in [-0.3, -0.25) is 19.3 Å². The average Bonchev–Trinajstić information content (AvgIpc) is 3.58. The third kappa shape index (κ3) is 5.82. The van der Waals surface area contributed by atoms with Crippen molar-refractivity contribution in [1.29, 1.82) is 0 Å². The predicted molar refractivity (Wildman–Crippen MR) is 131 cm³/mol. The number of amides is 3. The highest BCUT2D eigenvalue weighted by Gasteiger charge is 2.36. The van der Waals surface area contributed by atoms with Gasteiger partial charge in [0.25, 0.3) is 11.8 Å². The zero-order valence-corrected chi connectivity index (χ0v) is 20.3. The third-order valence-corrected chi connectivity index (χ3v) is 6.14. The molecule has 1 aliphatic rings. The summed E-state index contributed by atoms with van der Waals surface area (Å²) in [5.41, 5.74) is 2.45. The van der Waals surface area contributed by atoms with Crippen LogP contribution in [0, 0.1) is 20.8 Å². The fraction of sp³-hybridized carbons (Fsp3) is 0.370. The van der Waals surface area contributed by atoms with E-state index < -0.39 is 17.9 Å². The van der Waals surface area contributed by atoms with Crippen molar-refractivity contribution < 1.29 is 23.2 Å². The Kier molecular flexibility index (Phi) is 7.39. The van der Waals surface area contributed by atoms with Gasteiger partial charge in [0.15, 0.2) is 11.8 Å². The molecule has 0 aliphatic heterocycles. The number of hydrogen-bond acceptors (Lipinski definition) is 5. The molecule has 2 aromatic heterocycles. The van der Waals surface area contributed by atoms with Gasteiger partial charge in [0, 0.05) is 11.7 Å². The SMILES string of the molecule is Cc1cc(C)cc(N(C(=O)CNC(=O)c2ccco2)[C@@H](C(=O)NC2CCCC2)c2ccc(C)o2)c1. The van der Waals surface area contributed by atoms with Gasteiger partial charge in [0.2, 0.25) is 5.91 Å². The topological polar surface area (TPSA) is 105 Å². The lowest BCUT2D eigenvalue weighted by atomic mass is 10.1. The van der Waals surface area contributed by atoms with Crippen LogP contribution in [-0.4, -0.2) is 30.3 Å². The quantitative estimate of drug-likeness (QED) is 0.502. The molecule has 0 spiro atoms. The number of nitrogens with one attached hydrogen (secondary N) is 2. The fourth-order valence-corrected chi connectivity index (χ4v) is 4.59. The van der Waals surface area contributed by atoms with Gasteiger partial charge in [-0.05, 0) is 81.1 Å². The van der Waals surface area contributed by atoms with E-state index in [1.54, 1.807) is 25.1 Å². The molecular weight excluding hydrogens is 446 g/mol. The molecule has 0 unspecified atom stereocenters. The molecule has 1 aromatic carbocycles. The van der Waals surface area contributed by atoms with Gasteiger partial charge < -0.3 is 19.5 Å². The summed E-state index contributed by atoms with van der Waals surface area (Å²) in [7, 11) is 0. The standard InChI is InChI=1S/C27H31N3O5/c1-17-13-18(2)15-21(14-17)30(24(31)16-28-26(32)23-9-6-12-34-23)25(22-11-10-19(3)35-22)27(33)29-20-7-4-5-8-20/h6,9-15,20,25H,4-5,7-8,16H2,1-3H3,(H,28,32)(H,29,33)/t25-/m1/s1. The van der Waals surface area contributed by atoms with Crippen molar-refractivity contribution >= 4 is 23.4 Å². The molecule has 184 valence electrons. The van der Waals surface area contributed by atoms with E-state index in [1.807, 2.05) is 32.0 Å². The Labute approximate surface area is 204 Å². The maximum atomic E-state index is 13.7. The first-order valence-electron chi connectivity index (χ1n) is 11.9. The van der Waals surface area contributed by atoms with Crippen LogP contribution in [0.2, 0.25) is 0 Å². The number of hydrogen-bond donors (Lipinski definition) is 2. The van der Waals surface area contributed by atoms with E-state index in [2.05, 4.69) is 10.6 Å². The molecule has 3 amide bonds. The van der Waals surface area contributed by atoms with Crippen molar-refractivity contribution in [2.75, 3.05) is 11.4 Å². The second-order valence-electron chi connectivity index (χ2n) is 9.11. The number of carbonyl (C=O) groups is 3. The molecule has 4 rings (SSSR count). The Hall–Kier alpha value is -3.81. The van der Waals surface area contributed by atoms with E-state index in [1.165, 1.54) is 17.2 Å². The van der Waals surface area contributed by atoms with Crippen molar-refractivity contribution in [2.45, 2.75) is 58.5 Å². The first-order valence-corrected chi connectivity index (χ1v) is 11.9. The van der Waals surface area contributed by atoms with Crippen molar-refractivity contribution in [3.05, 3.63) is 77.1 Å². The lowest BCUT2D eigenvalue weighted by Crippen LogP contribution is -2.49. The average molecular weight is 478 g/mol. The summed E-state index contributed by atoms with van der Waals surface area (Å²) in [5, 5.41) is 5.71. The van der Waals surface area contributed by atoms with E-state index in [0.717, 1.165) is 36.8 Å². The monoisotopic (exact) mass is 477 g/mol. The molecule has 3 aromatic rings. The number of furan rings is 2. The van der Waals surface area contributed by atoms with Crippen molar-refractivity contribution in [3.8, 4) is 0 Å². The summed E-state index contributed by atoms with van der Waals surface area (Å²) in [4.78, 5) is 41.2. The molecule has 1 aliphatic carbocycles. The van der Waals surface area contributed by atoms with Crippen LogP contribution >= 0.6 is 0 Å². The van der Waals surface area contributed by atoms with Gasteiger partial charge in [-0.2, -0.15) is 0 Å². The summed E-state index contributed by atoms with van der Waals surface area (Å²) in [5.74, 6) is -0.162. The zero-order valence-electron chi connectivity index (χ0n) is 20.3. The maximum Gasteiger partial charge on any atom is 0.287 e. The predicted octanol–water partition coefficient (Wildman–Crippen LogP) is 4.36. The Balaban J connectivity index is 1.69. The van der Waals surface area contributed by atoms with Gasteiger partial charge in [0.1, 0.15) is 11.5 Å². The maximum absolute atomic E-state index is 13.7. The van der Waals surface area contributed by atoms with Gasteiger partial charge >= 0.3 is 0 Å². The normalized spacial score (nSPS) is 14.5. The smallest absolute Gasteiger partial charge is 0.287 e. The molecule has 1 atom stereocenters. The highest BCUT2D eigenvalue weighted by molar-refractivity contribution is 6.04. The second kappa shape index (κ2) is 10.6. The Bertz CT molecular complexity index is 1170. The van der Waals surface area contributed by atoms with E-state index >= 15 is 0 Å². The number of rotatable bonds is 8. The van der Waals surface area contributed by atoms with Gasteiger partial charge in [0.05, 0.1) is 12.8 Å². The van der Waals surface area contributed by atoms with Crippen molar-refractivity contribution in [2.24, 2.45) is 0 Å². The molecule has 8 heteroatoms. The summed E-state index contributed by atoms with van der Waals surface area (Å²) in [6, 6.07) is 11.3. The highest BCUT2D eigenvalue weighted by atomic mass is 16.3. The molecule has 1 fully saturated rings. The first-order chi connectivity index (χ1) is 16.8. The van der Waals surface area contributed by atoms with E-state index in [-0.39, 0.29) is 24.3 Å². The Morgan fingerprint density at radius 2 is 1.74 bits per heavy atom. The minimum Gasteiger partial charge on any atom is -0.464 e. The third-order valence-electron chi connectivity index (χ3n) is 6.14. The summed E-state index contributed by atoms with van der Waals surface area (Å²) in [6.07, 6.45) is 5.34. The van der Waals surface area contributed by atoms with Crippen LogP contribution in [-0.2, 0) is 9.59 Å². The van der Waals surface area contributed by atoms with Crippen LogP contribution in [0.3, 0.4) is 0 Å². The van der Waals surface area contributed by atoms with E-state index in [4.69, 9.17) is 8.83 Å². The second-order valence-corrected chi connectivity index (χ2v) is 9.11.